The molecule has 1 aromatic carbocycles. The van der Waals surface area contributed by atoms with Crippen LogP contribution in [-0.4, -0.2) is 29.0 Å². The van der Waals surface area contributed by atoms with Gasteiger partial charge in [-0.25, -0.2) is 18.7 Å². The van der Waals surface area contributed by atoms with Gasteiger partial charge in [-0.15, -0.1) is 0 Å². The van der Waals surface area contributed by atoms with Crippen molar-refractivity contribution in [3.05, 3.63) is 53.5 Å². The number of halogens is 2. The van der Waals surface area contributed by atoms with Gasteiger partial charge in [-0.1, -0.05) is 6.07 Å². The monoisotopic (exact) mass is 292 g/mol. The first-order chi connectivity index (χ1) is 10.1. The lowest BCUT2D eigenvalue weighted by Crippen LogP contribution is -2.30. The molecule has 1 heterocycles. The first-order valence-corrected chi connectivity index (χ1v) is 6.32. The third kappa shape index (κ3) is 3.95. The molecule has 2 rings (SSSR count). The van der Waals surface area contributed by atoms with Gasteiger partial charge in [-0.05, 0) is 19.1 Å². The SMILES string of the molecule is Cc1cc(NCCNC(=O)c2c(F)cccc2F)ncn1. The number of amides is 1. The van der Waals surface area contributed by atoms with Crippen molar-refractivity contribution in [1.29, 1.82) is 0 Å². The summed E-state index contributed by atoms with van der Waals surface area (Å²) in [6.45, 7) is 2.41. The lowest BCUT2D eigenvalue weighted by atomic mass is 10.2. The molecule has 2 aromatic rings. The van der Waals surface area contributed by atoms with Crippen LogP contribution >= 0.6 is 0 Å². The molecule has 0 saturated carbocycles. The second-order valence-corrected chi connectivity index (χ2v) is 4.32. The smallest absolute Gasteiger partial charge is 0.257 e. The number of aromatic nitrogens is 2. The highest BCUT2D eigenvalue weighted by Gasteiger charge is 2.16. The number of hydrogen-bond acceptors (Lipinski definition) is 4. The number of carbonyl (C=O) groups excluding carboxylic acids is 1. The number of nitrogens with zero attached hydrogens (tertiary/aromatic N) is 2. The van der Waals surface area contributed by atoms with Gasteiger partial charge in [-0.2, -0.15) is 0 Å². The van der Waals surface area contributed by atoms with Crippen LogP contribution in [0.3, 0.4) is 0 Å². The van der Waals surface area contributed by atoms with Crippen LogP contribution in [0.5, 0.6) is 0 Å². The Hall–Kier alpha value is -2.57. The van der Waals surface area contributed by atoms with Crippen molar-refractivity contribution >= 4 is 11.7 Å². The molecule has 0 saturated heterocycles. The van der Waals surface area contributed by atoms with Crippen LogP contribution in [-0.2, 0) is 0 Å². The quantitative estimate of drug-likeness (QED) is 0.826. The summed E-state index contributed by atoms with van der Waals surface area (Å²) < 4.78 is 26.8. The van der Waals surface area contributed by atoms with E-state index in [9.17, 15) is 13.6 Å². The fourth-order valence-electron chi connectivity index (χ4n) is 1.72. The van der Waals surface area contributed by atoms with Crippen molar-refractivity contribution in [3.8, 4) is 0 Å². The summed E-state index contributed by atoms with van der Waals surface area (Å²) in [5.41, 5.74) is 0.236. The van der Waals surface area contributed by atoms with Crippen LogP contribution in [0.4, 0.5) is 14.6 Å². The van der Waals surface area contributed by atoms with Crippen molar-refractivity contribution in [2.75, 3.05) is 18.4 Å². The molecule has 1 amide bonds. The predicted molar refractivity (Wildman–Crippen MR) is 73.9 cm³/mol. The summed E-state index contributed by atoms with van der Waals surface area (Å²) in [6, 6.07) is 5.04. The molecule has 0 bridgehead atoms. The Balaban J connectivity index is 1.85. The van der Waals surface area contributed by atoms with E-state index in [1.807, 2.05) is 6.92 Å². The third-order valence-corrected chi connectivity index (χ3v) is 2.71. The van der Waals surface area contributed by atoms with Crippen LogP contribution in [0.1, 0.15) is 16.1 Å². The summed E-state index contributed by atoms with van der Waals surface area (Å²) >= 11 is 0. The summed E-state index contributed by atoms with van der Waals surface area (Å²) in [4.78, 5) is 19.6. The maximum Gasteiger partial charge on any atom is 0.257 e. The van der Waals surface area contributed by atoms with Crippen molar-refractivity contribution in [2.45, 2.75) is 6.92 Å². The van der Waals surface area contributed by atoms with Crippen LogP contribution in [0, 0.1) is 18.6 Å². The van der Waals surface area contributed by atoms with Gasteiger partial charge in [-0.3, -0.25) is 4.79 Å². The number of hydrogen-bond donors (Lipinski definition) is 2. The minimum Gasteiger partial charge on any atom is -0.368 e. The van der Waals surface area contributed by atoms with Crippen LogP contribution in [0.25, 0.3) is 0 Å². The second-order valence-electron chi connectivity index (χ2n) is 4.32. The standard InChI is InChI=1S/C14H14F2N4O/c1-9-7-12(20-8-19-9)17-5-6-18-14(21)13-10(15)3-2-4-11(13)16/h2-4,7-8H,5-6H2,1H3,(H,18,21)(H,17,19,20). The Bertz CT molecular complexity index is 628. The Kier molecular flexibility index (Phi) is 4.76. The Morgan fingerprint density at radius 2 is 1.90 bits per heavy atom. The van der Waals surface area contributed by atoms with Crippen molar-refractivity contribution in [1.82, 2.24) is 15.3 Å². The summed E-state index contributed by atoms with van der Waals surface area (Å²) in [7, 11) is 0. The van der Waals surface area contributed by atoms with E-state index in [0.717, 1.165) is 17.8 Å². The molecule has 110 valence electrons. The fraction of sp³-hybridized carbons (Fsp3) is 0.214. The minimum atomic E-state index is -0.883. The number of benzene rings is 1. The van der Waals surface area contributed by atoms with E-state index in [1.54, 1.807) is 6.07 Å². The van der Waals surface area contributed by atoms with Gasteiger partial charge in [0.1, 0.15) is 29.3 Å². The molecule has 0 fully saturated rings. The zero-order valence-corrected chi connectivity index (χ0v) is 11.4. The average molecular weight is 292 g/mol. The first kappa shape index (κ1) is 14.8. The van der Waals surface area contributed by atoms with Gasteiger partial charge in [0.15, 0.2) is 0 Å². The molecule has 0 radical (unpaired) electrons. The highest BCUT2D eigenvalue weighted by molar-refractivity contribution is 5.94. The molecule has 5 nitrogen and oxygen atoms in total. The van der Waals surface area contributed by atoms with Gasteiger partial charge in [0, 0.05) is 24.8 Å². The molecule has 2 N–H and O–H groups in total. The van der Waals surface area contributed by atoms with E-state index in [-0.39, 0.29) is 6.54 Å². The number of anilines is 1. The predicted octanol–water partition coefficient (Wildman–Crippen LogP) is 1.91. The number of carbonyl (C=O) groups is 1. The average Bonchev–Trinajstić information content (AvgIpc) is 2.43. The molecule has 0 aliphatic rings. The van der Waals surface area contributed by atoms with Gasteiger partial charge < -0.3 is 10.6 Å². The summed E-state index contributed by atoms with van der Waals surface area (Å²) in [6.07, 6.45) is 1.42. The molecule has 0 aliphatic heterocycles. The maximum atomic E-state index is 13.4. The fourth-order valence-corrected chi connectivity index (χ4v) is 1.72. The van der Waals surface area contributed by atoms with E-state index < -0.39 is 23.1 Å². The first-order valence-electron chi connectivity index (χ1n) is 6.32. The molecule has 1 aromatic heterocycles. The van der Waals surface area contributed by atoms with Crippen LogP contribution < -0.4 is 10.6 Å². The Morgan fingerprint density at radius 3 is 2.57 bits per heavy atom. The lowest BCUT2D eigenvalue weighted by Gasteiger charge is -2.08. The number of aryl methyl sites for hydroxylation is 1. The zero-order chi connectivity index (χ0) is 15.2. The zero-order valence-electron chi connectivity index (χ0n) is 11.4. The van der Waals surface area contributed by atoms with E-state index in [4.69, 9.17) is 0 Å². The normalized spacial score (nSPS) is 10.2. The van der Waals surface area contributed by atoms with E-state index >= 15 is 0 Å². The largest absolute Gasteiger partial charge is 0.368 e. The number of rotatable bonds is 5. The van der Waals surface area contributed by atoms with Crippen LogP contribution in [0.15, 0.2) is 30.6 Å². The highest BCUT2D eigenvalue weighted by atomic mass is 19.1. The molecule has 0 aliphatic carbocycles. The number of nitrogens with one attached hydrogen (secondary N) is 2. The van der Waals surface area contributed by atoms with Crippen molar-refractivity contribution in [2.24, 2.45) is 0 Å². The summed E-state index contributed by atoms with van der Waals surface area (Å²) in [5.74, 6) is -1.93. The van der Waals surface area contributed by atoms with Gasteiger partial charge in [0.05, 0.1) is 0 Å². The Labute approximate surface area is 120 Å². The van der Waals surface area contributed by atoms with Crippen LogP contribution in [0.2, 0.25) is 0 Å². The van der Waals surface area contributed by atoms with E-state index in [2.05, 4.69) is 20.6 Å². The molecule has 21 heavy (non-hydrogen) atoms. The Morgan fingerprint density at radius 1 is 1.19 bits per heavy atom. The maximum absolute atomic E-state index is 13.4. The highest BCUT2D eigenvalue weighted by Crippen LogP contribution is 2.11. The topological polar surface area (TPSA) is 66.9 Å². The van der Waals surface area contributed by atoms with E-state index in [0.29, 0.717) is 12.4 Å². The van der Waals surface area contributed by atoms with Gasteiger partial charge >= 0.3 is 0 Å². The molecule has 7 heteroatoms. The van der Waals surface area contributed by atoms with E-state index in [1.165, 1.54) is 12.4 Å². The van der Waals surface area contributed by atoms with Gasteiger partial charge in [0.25, 0.3) is 5.91 Å². The third-order valence-electron chi connectivity index (χ3n) is 2.71. The molecule has 0 unspecified atom stereocenters. The molecular formula is C14H14F2N4O. The molecule has 0 spiro atoms. The second kappa shape index (κ2) is 6.74. The summed E-state index contributed by atoms with van der Waals surface area (Å²) in [5, 5.41) is 5.41. The molecule has 0 atom stereocenters. The molecular weight excluding hydrogens is 278 g/mol. The van der Waals surface area contributed by atoms with Crippen molar-refractivity contribution in [3.63, 3.8) is 0 Å². The lowest BCUT2D eigenvalue weighted by molar-refractivity contribution is 0.0946. The minimum absolute atomic E-state index is 0.204. The van der Waals surface area contributed by atoms with Gasteiger partial charge in [0.2, 0.25) is 0 Å². The van der Waals surface area contributed by atoms with Crippen molar-refractivity contribution < 1.29 is 13.6 Å².